The second-order valence-corrected chi connectivity index (χ2v) is 11.6. The lowest BCUT2D eigenvalue weighted by Gasteiger charge is -2.23. The Balaban J connectivity index is 1.50. The smallest absolute Gasteiger partial charge is 0.253 e. The fraction of sp³-hybridized carbons (Fsp3) is 0.556. The minimum Gasteiger partial charge on any atom is -0.301 e. The molecule has 4 rings (SSSR count). The number of thiophene rings is 1. The number of nitrogens with one attached hydrogen (secondary N) is 1. The molecule has 7 nitrogen and oxygen atoms in total. The van der Waals surface area contributed by atoms with Crippen LogP contribution in [-0.2, 0) is 27.8 Å². The van der Waals surface area contributed by atoms with Crippen LogP contribution in [-0.4, -0.2) is 54.2 Å². The number of hydrogen-bond acceptors (Lipinski definition) is 7. The number of rotatable bonds is 5. The molecule has 1 amide bonds. The van der Waals surface area contributed by atoms with Gasteiger partial charge in [-0.1, -0.05) is 6.92 Å². The molecule has 0 spiro atoms. The van der Waals surface area contributed by atoms with Crippen molar-refractivity contribution in [1.82, 2.24) is 14.2 Å². The van der Waals surface area contributed by atoms with E-state index in [1.165, 1.54) is 31.9 Å². The molecule has 2 aromatic rings. The summed E-state index contributed by atoms with van der Waals surface area (Å²) in [5.74, 6) is -0.284. The second-order valence-electron chi connectivity index (χ2n) is 7.14. The minimum absolute atomic E-state index is 0.284. The molecule has 10 heteroatoms. The van der Waals surface area contributed by atoms with Crippen molar-refractivity contribution in [2.45, 2.75) is 49.9 Å². The van der Waals surface area contributed by atoms with Crippen LogP contribution >= 0.6 is 22.7 Å². The van der Waals surface area contributed by atoms with Crippen molar-refractivity contribution in [3.8, 4) is 0 Å². The summed E-state index contributed by atoms with van der Waals surface area (Å²) in [6.07, 6.45) is 2.10. The van der Waals surface area contributed by atoms with Gasteiger partial charge in [-0.15, -0.1) is 22.7 Å². The van der Waals surface area contributed by atoms with Gasteiger partial charge in [0.15, 0.2) is 5.13 Å². The first-order valence-corrected chi connectivity index (χ1v) is 12.6. The number of nitrogens with zero attached hydrogens (tertiary/aromatic N) is 3. The molecule has 2 aliphatic heterocycles. The van der Waals surface area contributed by atoms with Crippen molar-refractivity contribution in [2.24, 2.45) is 0 Å². The SMILES string of the molecule is CCN1CCc2nc(NC(=O)C3CCCN3S(=O)(=O)c3ccc(C)s3)sc2C1. The third-order valence-corrected chi connectivity index (χ3v) is 9.65. The maximum Gasteiger partial charge on any atom is 0.253 e. The van der Waals surface area contributed by atoms with E-state index in [1.807, 2.05) is 6.92 Å². The number of anilines is 1. The van der Waals surface area contributed by atoms with E-state index in [1.54, 1.807) is 12.1 Å². The molecular formula is C18H24N4O3S3. The number of aryl methyl sites for hydroxylation is 1. The average molecular weight is 441 g/mol. The first-order chi connectivity index (χ1) is 13.4. The van der Waals surface area contributed by atoms with Crippen molar-refractivity contribution >= 4 is 43.7 Å². The molecule has 1 atom stereocenters. The predicted molar refractivity (Wildman–Crippen MR) is 111 cm³/mol. The lowest BCUT2D eigenvalue weighted by Crippen LogP contribution is -2.42. The minimum atomic E-state index is -3.65. The molecule has 4 heterocycles. The number of carbonyl (C=O) groups is 1. The molecule has 1 saturated heterocycles. The number of hydrogen-bond donors (Lipinski definition) is 1. The Labute approximate surface area is 173 Å². The summed E-state index contributed by atoms with van der Waals surface area (Å²) in [5.41, 5.74) is 1.05. The molecule has 1 fully saturated rings. The second kappa shape index (κ2) is 7.83. The maximum atomic E-state index is 13.0. The standard InChI is InChI=1S/C18H24N4O3S3/c1-3-21-10-8-13-15(11-21)27-18(19-13)20-17(23)14-5-4-9-22(14)28(24,25)16-7-6-12(2)26-16/h6-7,14H,3-5,8-11H2,1-2H3,(H,19,20,23). The van der Waals surface area contributed by atoms with Crippen molar-refractivity contribution in [2.75, 3.05) is 25.0 Å². The quantitative estimate of drug-likeness (QED) is 0.773. The summed E-state index contributed by atoms with van der Waals surface area (Å²) in [5, 5.41) is 3.45. The van der Waals surface area contributed by atoms with Crippen LogP contribution in [0.5, 0.6) is 0 Å². The number of thiazole rings is 1. The van der Waals surface area contributed by atoms with Crippen LogP contribution in [0.2, 0.25) is 0 Å². The van der Waals surface area contributed by atoms with Gasteiger partial charge in [0.1, 0.15) is 10.3 Å². The summed E-state index contributed by atoms with van der Waals surface area (Å²) >= 11 is 2.74. The molecule has 0 aromatic carbocycles. The van der Waals surface area contributed by atoms with Gasteiger partial charge >= 0.3 is 0 Å². The fourth-order valence-electron chi connectivity index (χ4n) is 3.72. The van der Waals surface area contributed by atoms with Gasteiger partial charge < -0.3 is 5.32 Å². The Morgan fingerprint density at radius 2 is 2.14 bits per heavy atom. The monoisotopic (exact) mass is 440 g/mol. The third-order valence-electron chi connectivity index (χ3n) is 5.27. The molecule has 28 heavy (non-hydrogen) atoms. The molecule has 1 N–H and O–H groups in total. The zero-order valence-corrected chi connectivity index (χ0v) is 18.4. The summed E-state index contributed by atoms with van der Waals surface area (Å²) in [6.45, 7) is 7.23. The maximum absolute atomic E-state index is 13.0. The molecule has 0 aliphatic carbocycles. The zero-order valence-electron chi connectivity index (χ0n) is 16.0. The normalized spacial score (nSPS) is 21.0. The van der Waals surface area contributed by atoms with E-state index in [2.05, 4.69) is 22.1 Å². The highest BCUT2D eigenvalue weighted by Crippen LogP contribution is 2.32. The van der Waals surface area contributed by atoms with Crippen molar-refractivity contribution < 1.29 is 13.2 Å². The Kier molecular flexibility index (Phi) is 5.58. The fourth-order valence-corrected chi connectivity index (χ4v) is 7.84. The van der Waals surface area contributed by atoms with Crippen LogP contribution in [0.3, 0.4) is 0 Å². The van der Waals surface area contributed by atoms with E-state index < -0.39 is 16.1 Å². The van der Waals surface area contributed by atoms with Gasteiger partial charge in [-0.25, -0.2) is 13.4 Å². The van der Waals surface area contributed by atoms with E-state index in [4.69, 9.17) is 0 Å². The van der Waals surface area contributed by atoms with Crippen molar-refractivity contribution in [3.63, 3.8) is 0 Å². The Hall–Kier alpha value is -1.33. The number of amides is 1. The highest BCUT2D eigenvalue weighted by Gasteiger charge is 2.40. The highest BCUT2D eigenvalue weighted by atomic mass is 32.2. The molecule has 2 aliphatic rings. The molecular weight excluding hydrogens is 416 g/mol. The predicted octanol–water partition coefficient (Wildman–Crippen LogP) is 2.68. The van der Waals surface area contributed by atoms with Gasteiger partial charge in [0.05, 0.1) is 5.69 Å². The largest absolute Gasteiger partial charge is 0.301 e. The van der Waals surface area contributed by atoms with Crippen LogP contribution in [0.4, 0.5) is 5.13 Å². The van der Waals surface area contributed by atoms with E-state index in [-0.39, 0.29) is 5.91 Å². The van der Waals surface area contributed by atoms with Crippen LogP contribution in [0, 0.1) is 6.92 Å². The number of aromatic nitrogens is 1. The number of likely N-dealkylation sites (N-methyl/N-ethyl adjacent to an activating group) is 1. The molecule has 0 radical (unpaired) electrons. The van der Waals surface area contributed by atoms with E-state index in [9.17, 15) is 13.2 Å². The van der Waals surface area contributed by atoms with Gasteiger partial charge in [-0.3, -0.25) is 9.69 Å². The van der Waals surface area contributed by atoms with Gasteiger partial charge in [-0.05, 0) is 38.4 Å². The first kappa shape index (κ1) is 20.0. The van der Waals surface area contributed by atoms with Gasteiger partial charge in [0, 0.05) is 35.8 Å². The Morgan fingerprint density at radius 3 is 2.86 bits per heavy atom. The summed E-state index contributed by atoms with van der Waals surface area (Å²) in [4.78, 5) is 21.9. The molecule has 1 unspecified atom stereocenters. The van der Waals surface area contributed by atoms with E-state index >= 15 is 0 Å². The molecule has 0 saturated carbocycles. The van der Waals surface area contributed by atoms with Crippen molar-refractivity contribution in [3.05, 3.63) is 27.6 Å². The number of fused-ring (bicyclic) bond motifs is 1. The molecule has 152 valence electrons. The lowest BCUT2D eigenvalue weighted by atomic mass is 10.2. The lowest BCUT2D eigenvalue weighted by molar-refractivity contribution is -0.119. The highest BCUT2D eigenvalue weighted by molar-refractivity contribution is 7.91. The first-order valence-electron chi connectivity index (χ1n) is 9.48. The number of carbonyl (C=O) groups excluding carboxylic acids is 1. The van der Waals surface area contributed by atoms with Crippen LogP contribution in [0.15, 0.2) is 16.3 Å². The topological polar surface area (TPSA) is 82.6 Å². The molecule has 2 aromatic heterocycles. The average Bonchev–Trinajstić information content (AvgIpc) is 3.39. The van der Waals surface area contributed by atoms with Crippen LogP contribution in [0.1, 0.15) is 35.2 Å². The Bertz CT molecular complexity index is 982. The summed E-state index contributed by atoms with van der Waals surface area (Å²) in [7, 11) is -3.65. The summed E-state index contributed by atoms with van der Waals surface area (Å²) in [6, 6.07) is 2.74. The van der Waals surface area contributed by atoms with Gasteiger partial charge in [0.2, 0.25) is 5.91 Å². The van der Waals surface area contributed by atoms with Gasteiger partial charge in [0.25, 0.3) is 10.0 Å². The summed E-state index contributed by atoms with van der Waals surface area (Å²) < 4.78 is 27.6. The number of sulfonamides is 1. The van der Waals surface area contributed by atoms with Crippen LogP contribution < -0.4 is 5.32 Å². The van der Waals surface area contributed by atoms with Crippen LogP contribution in [0.25, 0.3) is 0 Å². The Morgan fingerprint density at radius 1 is 1.32 bits per heavy atom. The third kappa shape index (κ3) is 3.76. The van der Waals surface area contributed by atoms with E-state index in [0.717, 1.165) is 36.6 Å². The van der Waals surface area contributed by atoms with Gasteiger partial charge in [-0.2, -0.15) is 4.31 Å². The zero-order chi connectivity index (χ0) is 19.9. The van der Waals surface area contributed by atoms with Crippen molar-refractivity contribution in [1.29, 1.82) is 0 Å². The van der Waals surface area contributed by atoms with E-state index in [0.29, 0.717) is 28.7 Å². The molecule has 0 bridgehead atoms.